The van der Waals surface area contributed by atoms with Crippen LogP contribution < -0.4 is 5.73 Å². The maximum absolute atomic E-state index is 6.20. The van der Waals surface area contributed by atoms with Crippen LogP contribution in [0.25, 0.3) is 10.9 Å². The number of aryl methyl sites for hydroxylation is 1. The maximum atomic E-state index is 6.20. The van der Waals surface area contributed by atoms with Crippen molar-refractivity contribution >= 4 is 10.9 Å². The van der Waals surface area contributed by atoms with Gasteiger partial charge in [0, 0.05) is 18.5 Å². The molecule has 1 aromatic carbocycles. The standard InChI is InChI=1S/C13H19N3/c1-9(2)8-11(14)13-10-6-4-5-7-12(10)16(3)15-13/h4-7,9,11H,8,14H2,1-3H3. The highest BCUT2D eigenvalue weighted by Crippen LogP contribution is 2.25. The van der Waals surface area contributed by atoms with Crippen LogP contribution in [-0.4, -0.2) is 9.78 Å². The molecule has 0 amide bonds. The van der Waals surface area contributed by atoms with E-state index in [4.69, 9.17) is 5.73 Å². The summed E-state index contributed by atoms with van der Waals surface area (Å²) in [6, 6.07) is 8.27. The Balaban J connectivity index is 2.44. The lowest BCUT2D eigenvalue weighted by atomic mass is 10.00. The van der Waals surface area contributed by atoms with E-state index in [0.29, 0.717) is 5.92 Å². The summed E-state index contributed by atoms with van der Waals surface area (Å²) in [4.78, 5) is 0. The number of benzene rings is 1. The number of aromatic nitrogens is 2. The van der Waals surface area contributed by atoms with Gasteiger partial charge < -0.3 is 5.73 Å². The Morgan fingerprint density at radius 2 is 2.00 bits per heavy atom. The van der Waals surface area contributed by atoms with E-state index < -0.39 is 0 Å². The highest BCUT2D eigenvalue weighted by atomic mass is 15.3. The zero-order valence-corrected chi connectivity index (χ0v) is 10.1. The Morgan fingerprint density at radius 1 is 1.31 bits per heavy atom. The Bertz CT molecular complexity index is 485. The Kier molecular flexibility index (Phi) is 2.97. The van der Waals surface area contributed by atoms with Crippen molar-refractivity contribution in [2.45, 2.75) is 26.3 Å². The zero-order chi connectivity index (χ0) is 11.7. The van der Waals surface area contributed by atoms with Gasteiger partial charge in [-0.1, -0.05) is 32.0 Å². The molecule has 0 aliphatic carbocycles. The van der Waals surface area contributed by atoms with Crippen molar-refractivity contribution in [3.63, 3.8) is 0 Å². The normalized spacial score (nSPS) is 13.6. The van der Waals surface area contributed by atoms with Crippen LogP contribution >= 0.6 is 0 Å². The molecule has 2 N–H and O–H groups in total. The fourth-order valence-electron chi connectivity index (χ4n) is 2.14. The SMILES string of the molecule is CC(C)CC(N)c1nn(C)c2ccccc12. The molecule has 86 valence electrons. The number of fused-ring (bicyclic) bond motifs is 1. The van der Waals surface area contributed by atoms with Gasteiger partial charge in [-0.15, -0.1) is 0 Å². The van der Waals surface area contributed by atoms with E-state index in [-0.39, 0.29) is 6.04 Å². The van der Waals surface area contributed by atoms with Crippen LogP contribution in [0.4, 0.5) is 0 Å². The summed E-state index contributed by atoms with van der Waals surface area (Å²) in [5.41, 5.74) is 8.37. The minimum absolute atomic E-state index is 0.0334. The van der Waals surface area contributed by atoms with Crippen molar-refractivity contribution in [3.8, 4) is 0 Å². The Hall–Kier alpha value is -1.35. The van der Waals surface area contributed by atoms with Gasteiger partial charge in [0.25, 0.3) is 0 Å². The molecule has 2 rings (SSSR count). The lowest BCUT2D eigenvalue weighted by Gasteiger charge is -2.11. The van der Waals surface area contributed by atoms with Crippen molar-refractivity contribution in [1.82, 2.24) is 9.78 Å². The maximum Gasteiger partial charge on any atom is 0.0870 e. The van der Waals surface area contributed by atoms with Crippen molar-refractivity contribution in [2.24, 2.45) is 18.7 Å². The second-order valence-corrected chi connectivity index (χ2v) is 4.76. The first-order chi connectivity index (χ1) is 7.59. The van der Waals surface area contributed by atoms with Gasteiger partial charge in [0.15, 0.2) is 0 Å². The molecule has 1 aromatic heterocycles. The first kappa shape index (κ1) is 11.1. The molecule has 0 saturated heterocycles. The average molecular weight is 217 g/mol. The largest absolute Gasteiger partial charge is 0.323 e. The number of para-hydroxylation sites is 1. The van der Waals surface area contributed by atoms with Gasteiger partial charge in [-0.25, -0.2) is 0 Å². The molecule has 2 aromatic rings. The summed E-state index contributed by atoms with van der Waals surface area (Å²) in [7, 11) is 1.97. The second-order valence-electron chi connectivity index (χ2n) is 4.76. The van der Waals surface area contributed by atoms with E-state index >= 15 is 0 Å². The van der Waals surface area contributed by atoms with E-state index in [2.05, 4.69) is 31.1 Å². The topological polar surface area (TPSA) is 43.8 Å². The fourth-order valence-corrected chi connectivity index (χ4v) is 2.14. The molecule has 0 aliphatic rings. The molecule has 1 atom stereocenters. The smallest absolute Gasteiger partial charge is 0.0870 e. The molecule has 0 radical (unpaired) electrons. The summed E-state index contributed by atoms with van der Waals surface area (Å²) in [6.45, 7) is 4.37. The summed E-state index contributed by atoms with van der Waals surface area (Å²) >= 11 is 0. The van der Waals surface area contributed by atoms with E-state index in [9.17, 15) is 0 Å². The number of hydrogen-bond donors (Lipinski definition) is 1. The van der Waals surface area contributed by atoms with Gasteiger partial charge in [0.1, 0.15) is 0 Å². The van der Waals surface area contributed by atoms with E-state index in [0.717, 1.165) is 17.6 Å². The van der Waals surface area contributed by atoms with Gasteiger partial charge in [-0.3, -0.25) is 4.68 Å². The van der Waals surface area contributed by atoms with E-state index in [1.807, 2.05) is 23.9 Å². The Morgan fingerprint density at radius 3 is 2.69 bits per heavy atom. The van der Waals surface area contributed by atoms with Gasteiger partial charge >= 0.3 is 0 Å². The quantitative estimate of drug-likeness (QED) is 0.858. The molecule has 16 heavy (non-hydrogen) atoms. The fraction of sp³-hybridized carbons (Fsp3) is 0.462. The highest BCUT2D eigenvalue weighted by Gasteiger charge is 2.15. The van der Waals surface area contributed by atoms with E-state index in [1.165, 1.54) is 5.39 Å². The first-order valence-electron chi connectivity index (χ1n) is 5.76. The molecule has 3 nitrogen and oxygen atoms in total. The third-order valence-electron chi connectivity index (χ3n) is 2.86. The van der Waals surface area contributed by atoms with Crippen LogP contribution in [0, 0.1) is 5.92 Å². The summed E-state index contributed by atoms with van der Waals surface area (Å²) in [5.74, 6) is 0.593. The van der Waals surface area contributed by atoms with Crippen LogP contribution in [-0.2, 0) is 7.05 Å². The minimum Gasteiger partial charge on any atom is -0.323 e. The van der Waals surface area contributed by atoms with Crippen LogP contribution in [0.5, 0.6) is 0 Å². The zero-order valence-electron chi connectivity index (χ0n) is 10.1. The average Bonchev–Trinajstić information content (AvgIpc) is 2.56. The third-order valence-corrected chi connectivity index (χ3v) is 2.86. The molecule has 0 aliphatic heterocycles. The summed E-state index contributed by atoms with van der Waals surface area (Å²) in [5, 5.41) is 5.71. The van der Waals surface area contributed by atoms with Crippen molar-refractivity contribution in [1.29, 1.82) is 0 Å². The molecule has 0 spiro atoms. The number of nitrogens with zero attached hydrogens (tertiary/aromatic N) is 2. The van der Waals surface area contributed by atoms with Crippen LogP contribution in [0.15, 0.2) is 24.3 Å². The van der Waals surface area contributed by atoms with Gasteiger partial charge in [-0.05, 0) is 18.4 Å². The van der Waals surface area contributed by atoms with Crippen molar-refractivity contribution in [3.05, 3.63) is 30.0 Å². The van der Waals surface area contributed by atoms with Gasteiger partial charge in [0.05, 0.1) is 11.2 Å². The third kappa shape index (κ3) is 1.95. The monoisotopic (exact) mass is 217 g/mol. The molecule has 1 unspecified atom stereocenters. The second kappa shape index (κ2) is 4.26. The Labute approximate surface area is 96.2 Å². The number of hydrogen-bond acceptors (Lipinski definition) is 2. The lowest BCUT2D eigenvalue weighted by molar-refractivity contribution is 0.499. The molecule has 0 saturated carbocycles. The van der Waals surface area contributed by atoms with Gasteiger partial charge in [-0.2, -0.15) is 5.10 Å². The molecule has 0 bridgehead atoms. The highest BCUT2D eigenvalue weighted by molar-refractivity contribution is 5.82. The van der Waals surface area contributed by atoms with Crippen LogP contribution in [0.1, 0.15) is 32.0 Å². The predicted molar refractivity (Wildman–Crippen MR) is 67.1 cm³/mol. The summed E-state index contributed by atoms with van der Waals surface area (Å²) < 4.78 is 1.91. The van der Waals surface area contributed by atoms with Crippen LogP contribution in [0.2, 0.25) is 0 Å². The molecule has 0 fully saturated rings. The molecular formula is C13H19N3. The van der Waals surface area contributed by atoms with Crippen molar-refractivity contribution < 1.29 is 0 Å². The number of rotatable bonds is 3. The lowest BCUT2D eigenvalue weighted by Crippen LogP contribution is -2.14. The molecular weight excluding hydrogens is 198 g/mol. The van der Waals surface area contributed by atoms with Crippen molar-refractivity contribution in [2.75, 3.05) is 0 Å². The van der Waals surface area contributed by atoms with E-state index in [1.54, 1.807) is 0 Å². The van der Waals surface area contributed by atoms with Gasteiger partial charge in [0.2, 0.25) is 0 Å². The summed E-state index contributed by atoms with van der Waals surface area (Å²) in [6.07, 6.45) is 0.973. The molecule has 1 heterocycles. The van der Waals surface area contributed by atoms with Crippen LogP contribution in [0.3, 0.4) is 0 Å². The predicted octanol–water partition coefficient (Wildman–Crippen LogP) is 2.62. The first-order valence-corrected chi connectivity index (χ1v) is 5.76. The number of nitrogens with two attached hydrogens (primary N) is 1. The minimum atomic E-state index is 0.0334. The molecule has 3 heteroatoms.